The van der Waals surface area contributed by atoms with Gasteiger partial charge in [-0.25, -0.2) is 4.68 Å². The average molecular weight is 266 g/mol. The molecule has 106 valence electrons. The molecule has 1 saturated carbocycles. The van der Waals surface area contributed by atoms with E-state index < -0.39 is 4.92 Å². The third kappa shape index (κ3) is 3.05. The van der Waals surface area contributed by atoms with Gasteiger partial charge in [-0.3, -0.25) is 10.1 Å². The molecule has 0 spiro atoms. The molecule has 1 aromatic heterocycles. The topological polar surface area (TPSA) is 87.0 Å². The average Bonchev–Trinajstić information content (AvgIpc) is 2.70. The normalized spacial score (nSPS) is 23.7. The Morgan fingerprint density at radius 3 is 2.89 bits per heavy atom. The molecule has 0 amide bonds. The first-order valence-corrected chi connectivity index (χ1v) is 6.96. The molecule has 1 fully saturated rings. The van der Waals surface area contributed by atoms with Crippen LogP contribution in [0.4, 0.5) is 11.5 Å². The Balaban J connectivity index is 2.11. The molecular weight excluding hydrogens is 244 g/mol. The molecule has 19 heavy (non-hydrogen) atoms. The van der Waals surface area contributed by atoms with E-state index in [9.17, 15) is 10.1 Å². The summed E-state index contributed by atoms with van der Waals surface area (Å²) in [6, 6.07) is 0.214. The number of nitrogen functional groups attached to an aromatic ring is 1. The van der Waals surface area contributed by atoms with Crippen LogP contribution in [0.25, 0.3) is 0 Å². The number of hydrogen-bond acceptors (Lipinski definition) is 4. The van der Waals surface area contributed by atoms with Crippen LogP contribution < -0.4 is 5.73 Å². The van der Waals surface area contributed by atoms with Gasteiger partial charge in [0.15, 0.2) is 0 Å². The van der Waals surface area contributed by atoms with Crippen LogP contribution in [0.1, 0.15) is 52.0 Å². The third-order valence-corrected chi connectivity index (χ3v) is 3.92. The largest absolute Gasteiger partial charge is 0.378 e. The lowest BCUT2D eigenvalue weighted by molar-refractivity contribution is -0.384. The summed E-state index contributed by atoms with van der Waals surface area (Å²) in [5.41, 5.74) is 5.76. The highest BCUT2D eigenvalue weighted by Gasteiger charge is 2.28. The van der Waals surface area contributed by atoms with Crippen molar-refractivity contribution < 1.29 is 4.92 Å². The van der Waals surface area contributed by atoms with Crippen molar-refractivity contribution in [2.75, 3.05) is 5.73 Å². The minimum absolute atomic E-state index is 0.0778. The highest BCUT2D eigenvalue weighted by molar-refractivity contribution is 5.51. The molecule has 0 radical (unpaired) electrons. The second-order valence-corrected chi connectivity index (χ2v) is 5.93. The second-order valence-electron chi connectivity index (χ2n) is 5.93. The van der Waals surface area contributed by atoms with E-state index in [-0.39, 0.29) is 17.5 Å². The van der Waals surface area contributed by atoms with Gasteiger partial charge in [0.2, 0.25) is 5.82 Å². The van der Waals surface area contributed by atoms with E-state index >= 15 is 0 Å². The van der Waals surface area contributed by atoms with Gasteiger partial charge < -0.3 is 5.73 Å². The highest BCUT2D eigenvalue weighted by Crippen LogP contribution is 2.37. The van der Waals surface area contributed by atoms with Crippen molar-refractivity contribution in [1.29, 1.82) is 0 Å². The number of rotatable bonds is 4. The van der Waals surface area contributed by atoms with Crippen LogP contribution in [0.2, 0.25) is 0 Å². The molecule has 2 unspecified atom stereocenters. The van der Waals surface area contributed by atoms with Gasteiger partial charge in [0.25, 0.3) is 0 Å². The van der Waals surface area contributed by atoms with Crippen LogP contribution in [-0.2, 0) is 0 Å². The lowest BCUT2D eigenvalue weighted by Crippen LogP contribution is -2.22. The number of hydrogen-bond donors (Lipinski definition) is 1. The van der Waals surface area contributed by atoms with E-state index in [1.54, 1.807) is 4.68 Å². The summed E-state index contributed by atoms with van der Waals surface area (Å²) in [6.45, 7) is 4.47. The maximum atomic E-state index is 10.8. The Morgan fingerprint density at radius 2 is 2.32 bits per heavy atom. The third-order valence-electron chi connectivity index (χ3n) is 3.92. The smallest absolute Gasteiger partial charge is 0.330 e. The zero-order chi connectivity index (χ0) is 14.0. The number of nitrogens with two attached hydrogens (primary N) is 1. The molecular formula is C13H22N4O2. The van der Waals surface area contributed by atoms with Gasteiger partial charge in [0.1, 0.15) is 6.20 Å². The zero-order valence-electron chi connectivity index (χ0n) is 11.6. The second kappa shape index (κ2) is 5.59. The summed E-state index contributed by atoms with van der Waals surface area (Å²) in [4.78, 5) is 10.3. The molecule has 0 aliphatic heterocycles. The molecule has 0 bridgehead atoms. The van der Waals surface area contributed by atoms with Crippen molar-refractivity contribution in [2.45, 2.75) is 52.0 Å². The zero-order valence-corrected chi connectivity index (χ0v) is 11.6. The fraction of sp³-hybridized carbons (Fsp3) is 0.769. The van der Waals surface area contributed by atoms with Crippen molar-refractivity contribution in [3.8, 4) is 0 Å². The summed E-state index contributed by atoms with van der Waals surface area (Å²) in [7, 11) is 0. The molecule has 1 heterocycles. The van der Waals surface area contributed by atoms with E-state index in [0.29, 0.717) is 11.8 Å². The molecule has 2 rings (SSSR count). The minimum atomic E-state index is -0.465. The van der Waals surface area contributed by atoms with Crippen molar-refractivity contribution >= 4 is 11.5 Å². The van der Waals surface area contributed by atoms with Crippen LogP contribution in [0.3, 0.4) is 0 Å². The van der Waals surface area contributed by atoms with Gasteiger partial charge in [-0.2, -0.15) is 5.10 Å². The van der Waals surface area contributed by atoms with E-state index in [1.807, 2.05) is 0 Å². The molecule has 2 N–H and O–H groups in total. The number of anilines is 1. The lowest BCUT2D eigenvalue weighted by atomic mass is 9.81. The Hall–Kier alpha value is -1.59. The molecule has 1 aliphatic rings. The van der Waals surface area contributed by atoms with Gasteiger partial charge in [-0.1, -0.05) is 26.7 Å². The number of nitrogens with zero attached hydrogens (tertiary/aromatic N) is 3. The van der Waals surface area contributed by atoms with E-state index in [0.717, 1.165) is 19.3 Å². The standard InChI is InChI=1S/C13H22N4O2/c1-9(2)6-10-4-3-5-11(7-10)16-13(14)12(8-15-16)17(18)19/h8-11H,3-7,14H2,1-2H3. The Bertz CT molecular complexity index is 455. The van der Waals surface area contributed by atoms with Gasteiger partial charge in [0.05, 0.1) is 11.0 Å². The quantitative estimate of drug-likeness (QED) is 0.669. The van der Waals surface area contributed by atoms with Gasteiger partial charge in [0, 0.05) is 0 Å². The van der Waals surface area contributed by atoms with Gasteiger partial charge >= 0.3 is 5.69 Å². The van der Waals surface area contributed by atoms with Crippen LogP contribution in [0, 0.1) is 22.0 Å². The maximum Gasteiger partial charge on any atom is 0.330 e. The van der Waals surface area contributed by atoms with Gasteiger partial charge in [-0.15, -0.1) is 0 Å². The highest BCUT2D eigenvalue weighted by atomic mass is 16.6. The molecule has 0 aromatic carbocycles. The minimum Gasteiger partial charge on any atom is -0.378 e. The summed E-state index contributed by atoms with van der Waals surface area (Å²) in [5.74, 6) is 1.56. The predicted molar refractivity (Wildman–Crippen MR) is 73.7 cm³/mol. The number of nitro groups is 1. The molecule has 0 saturated heterocycles. The van der Waals surface area contributed by atoms with E-state index in [4.69, 9.17) is 5.73 Å². The van der Waals surface area contributed by atoms with Crippen LogP contribution in [0.5, 0.6) is 0 Å². The first kappa shape index (κ1) is 13.8. The molecule has 6 heteroatoms. The summed E-state index contributed by atoms with van der Waals surface area (Å²) >= 11 is 0. The Labute approximate surface area is 113 Å². The predicted octanol–water partition coefficient (Wildman–Crippen LogP) is 3.15. The van der Waals surface area contributed by atoms with Crippen LogP contribution in [-0.4, -0.2) is 14.7 Å². The van der Waals surface area contributed by atoms with Crippen molar-refractivity contribution in [2.24, 2.45) is 11.8 Å². The Morgan fingerprint density at radius 1 is 1.58 bits per heavy atom. The SMILES string of the molecule is CC(C)CC1CCCC(n2ncc([N+](=O)[O-])c2N)C1. The lowest BCUT2D eigenvalue weighted by Gasteiger charge is -2.30. The first-order chi connectivity index (χ1) is 8.99. The van der Waals surface area contributed by atoms with Crippen molar-refractivity contribution in [1.82, 2.24) is 9.78 Å². The fourth-order valence-corrected chi connectivity index (χ4v) is 3.16. The molecule has 1 aromatic rings. The van der Waals surface area contributed by atoms with Crippen molar-refractivity contribution in [3.05, 3.63) is 16.3 Å². The van der Waals surface area contributed by atoms with Gasteiger partial charge in [-0.05, 0) is 31.1 Å². The summed E-state index contributed by atoms with van der Waals surface area (Å²) < 4.78 is 1.66. The molecule has 6 nitrogen and oxygen atoms in total. The Kier molecular flexibility index (Phi) is 4.07. The van der Waals surface area contributed by atoms with E-state index in [1.165, 1.54) is 19.0 Å². The number of aromatic nitrogens is 2. The maximum absolute atomic E-state index is 10.8. The van der Waals surface area contributed by atoms with Crippen LogP contribution >= 0.6 is 0 Å². The van der Waals surface area contributed by atoms with E-state index in [2.05, 4.69) is 18.9 Å². The fourth-order valence-electron chi connectivity index (χ4n) is 3.16. The molecule has 2 atom stereocenters. The summed E-state index contributed by atoms with van der Waals surface area (Å²) in [6.07, 6.45) is 6.91. The van der Waals surface area contributed by atoms with Crippen molar-refractivity contribution in [3.63, 3.8) is 0 Å². The molecule has 1 aliphatic carbocycles. The summed E-state index contributed by atoms with van der Waals surface area (Å²) in [5, 5.41) is 14.9. The first-order valence-electron chi connectivity index (χ1n) is 6.96. The van der Waals surface area contributed by atoms with Crippen LogP contribution in [0.15, 0.2) is 6.20 Å². The monoisotopic (exact) mass is 266 g/mol.